The molecule has 76 valence electrons. The van der Waals surface area contributed by atoms with Crippen LogP contribution in [0.4, 0.5) is 0 Å². The van der Waals surface area contributed by atoms with Crippen LogP contribution in [0.15, 0.2) is 18.2 Å². The van der Waals surface area contributed by atoms with Crippen LogP contribution < -0.4 is 14.8 Å². The molecular weight excluding hydrogens is 202 g/mol. The van der Waals surface area contributed by atoms with E-state index in [-0.39, 0.29) is 6.10 Å². The summed E-state index contributed by atoms with van der Waals surface area (Å²) in [6.45, 7) is 1.34. The SMILES string of the molecule is CNC[C@H]1COc2cc(Cl)ccc2O1. The first-order valence-electron chi connectivity index (χ1n) is 4.53. The predicted molar refractivity (Wildman–Crippen MR) is 55.3 cm³/mol. The van der Waals surface area contributed by atoms with Crippen molar-refractivity contribution in [2.24, 2.45) is 0 Å². The molecule has 4 heteroatoms. The lowest BCUT2D eigenvalue weighted by Crippen LogP contribution is -2.37. The van der Waals surface area contributed by atoms with Gasteiger partial charge in [-0.25, -0.2) is 0 Å². The first-order valence-corrected chi connectivity index (χ1v) is 4.91. The van der Waals surface area contributed by atoms with E-state index in [2.05, 4.69) is 5.32 Å². The van der Waals surface area contributed by atoms with E-state index in [1.807, 2.05) is 13.1 Å². The fourth-order valence-corrected chi connectivity index (χ4v) is 1.58. The maximum absolute atomic E-state index is 5.83. The van der Waals surface area contributed by atoms with Crippen molar-refractivity contribution in [3.63, 3.8) is 0 Å². The summed E-state index contributed by atoms with van der Waals surface area (Å²) in [4.78, 5) is 0. The zero-order valence-electron chi connectivity index (χ0n) is 7.92. The van der Waals surface area contributed by atoms with Gasteiger partial charge in [0.05, 0.1) is 0 Å². The summed E-state index contributed by atoms with van der Waals surface area (Å²) in [5.41, 5.74) is 0. The van der Waals surface area contributed by atoms with Gasteiger partial charge in [-0.15, -0.1) is 0 Å². The summed E-state index contributed by atoms with van der Waals surface area (Å²) in [6.07, 6.45) is 0.0775. The Labute approximate surface area is 88.0 Å². The van der Waals surface area contributed by atoms with Crippen LogP contribution in [-0.2, 0) is 0 Å². The number of ether oxygens (including phenoxy) is 2. The van der Waals surface area contributed by atoms with E-state index < -0.39 is 0 Å². The highest BCUT2D eigenvalue weighted by Crippen LogP contribution is 2.33. The molecule has 1 aliphatic rings. The molecule has 0 bridgehead atoms. The summed E-state index contributed by atoms with van der Waals surface area (Å²) in [5.74, 6) is 1.49. The molecule has 3 nitrogen and oxygen atoms in total. The van der Waals surface area contributed by atoms with Crippen LogP contribution in [0.2, 0.25) is 5.02 Å². The highest BCUT2D eigenvalue weighted by Gasteiger charge is 2.20. The fraction of sp³-hybridized carbons (Fsp3) is 0.400. The second-order valence-electron chi connectivity index (χ2n) is 3.20. The first kappa shape index (κ1) is 9.62. The van der Waals surface area contributed by atoms with Gasteiger partial charge in [-0.2, -0.15) is 0 Å². The van der Waals surface area contributed by atoms with E-state index in [1.165, 1.54) is 0 Å². The number of likely N-dealkylation sites (N-methyl/N-ethyl adjacent to an activating group) is 1. The molecule has 1 aliphatic heterocycles. The van der Waals surface area contributed by atoms with Crippen LogP contribution in [0.1, 0.15) is 0 Å². The Balaban J connectivity index is 2.15. The molecule has 0 aliphatic carbocycles. The van der Waals surface area contributed by atoms with Gasteiger partial charge in [0, 0.05) is 17.6 Å². The molecule has 2 rings (SSSR count). The van der Waals surface area contributed by atoms with E-state index >= 15 is 0 Å². The standard InChI is InChI=1S/C10H12ClNO2/c1-12-5-8-6-13-10-4-7(11)2-3-9(10)14-8/h2-4,8,12H,5-6H2,1H3/t8-/m0/s1. The van der Waals surface area contributed by atoms with Gasteiger partial charge in [-0.1, -0.05) is 11.6 Å². The monoisotopic (exact) mass is 213 g/mol. The van der Waals surface area contributed by atoms with Crippen molar-refractivity contribution in [2.45, 2.75) is 6.10 Å². The average molecular weight is 214 g/mol. The van der Waals surface area contributed by atoms with E-state index in [9.17, 15) is 0 Å². The smallest absolute Gasteiger partial charge is 0.162 e. The van der Waals surface area contributed by atoms with Crippen molar-refractivity contribution in [3.05, 3.63) is 23.2 Å². The number of hydrogen-bond acceptors (Lipinski definition) is 3. The van der Waals surface area contributed by atoms with Crippen molar-refractivity contribution in [3.8, 4) is 11.5 Å². The minimum atomic E-state index is 0.0775. The quantitative estimate of drug-likeness (QED) is 0.811. The number of hydrogen-bond donors (Lipinski definition) is 1. The molecule has 14 heavy (non-hydrogen) atoms. The summed E-state index contributed by atoms with van der Waals surface area (Å²) in [7, 11) is 1.89. The summed E-state index contributed by atoms with van der Waals surface area (Å²) in [5, 5.41) is 3.71. The van der Waals surface area contributed by atoms with Crippen molar-refractivity contribution in [1.82, 2.24) is 5.32 Å². The normalized spacial score (nSPS) is 19.4. The Morgan fingerprint density at radius 1 is 1.50 bits per heavy atom. The number of halogens is 1. The van der Waals surface area contributed by atoms with Gasteiger partial charge in [0.15, 0.2) is 11.5 Å². The molecule has 1 heterocycles. The fourth-order valence-electron chi connectivity index (χ4n) is 1.42. The van der Waals surface area contributed by atoms with E-state index in [0.29, 0.717) is 11.6 Å². The highest BCUT2D eigenvalue weighted by atomic mass is 35.5. The van der Waals surface area contributed by atoms with Gasteiger partial charge < -0.3 is 14.8 Å². The third-order valence-electron chi connectivity index (χ3n) is 2.06. The molecule has 0 saturated carbocycles. The van der Waals surface area contributed by atoms with Gasteiger partial charge in [-0.05, 0) is 19.2 Å². The molecule has 1 N–H and O–H groups in total. The number of nitrogens with one attached hydrogen (secondary N) is 1. The van der Waals surface area contributed by atoms with Gasteiger partial charge in [0.25, 0.3) is 0 Å². The average Bonchev–Trinajstić information content (AvgIpc) is 2.19. The molecule has 0 radical (unpaired) electrons. The lowest BCUT2D eigenvalue weighted by atomic mass is 10.2. The van der Waals surface area contributed by atoms with E-state index in [1.54, 1.807) is 12.1 Å². The van der Waals surface area contributed by atoms with Gasteiger partial charge >= 0.3 is 0 Å². The molecule has 1 atom stereocenters. The molecule has 1 aromatic rings. The van der Waals surface area contributed by atoms with Crippen LogP contribution in [0.3, 0.4) is 0 Å². The second kappa shape index (κ2) is 4.07. The molecule has 0 aromatic heterocycles. The largest absolute Gasteiger partial charge is 0.486 e. The number of fused-ring (bicyclic) bond motifs is 1. The minimum Gasteiger partial charge on any atom is -0.486 e. The maximum Gasteiger partial charge on any atom is 0.162 e. The van der Waals surface area contributed by atoms with Crippen LogP contribution >= 0.6 is 11.6 Å². The van der Waals surface area contributed by atoms with Crippen LogP contribution in [0.25, 0.3) is 0 Å². The van der Waals surface area contributed by atoms with Crippen molar-refractivity contribution in [1.29, 1.82) is 0 Å². The van der Waals surface area contributed by atoms with Gasteiger partial charge in [0.1, 0.15) is 12.7 Å². The van der Waals surface area contributed by atoms with Crippen molar-refractivity contribution in [2.75, 3.05) is 20.2 Å². The molecular formula is C10H12ClNO2. The zero-order valence-corrected chi connectivity index (χ0v) is 8.67. The lowest BCUT2D eigenvalue weighted by molar-refractivity contribution is 0.0919. The molecule has 0 spiro atoms. The van der Waals surface area contributed by atoms with Gasteiger partial charge in [0.2, 0.25) is 0 Å². The number of rotatable bonds is 2. The highest BCUT2D eigenvalue weighted by molar-refractivity contribution is 6.30. The summed E-state index contributed by atoms with van der Waals surface area (Å²) < 4.78 is 11.2. The maximum atomic E-state index is 5.83. The van der Waals surface area contributed by atoms with Crippen molar-refractivity contribution < 1.29 is 9.47 Å². The minimum absolute atomic E-state index is 0.0775. The van der Waals surface area contributed by atoms with Crippen LogP contribution in [0, 0.1) is 0 Å². The predicted octanol–water partition coefficient (Wildman–Crippen LogP) is 1.70. The second-order valence-corrected chi connectivity index (χ2v) is 3.64. The third-order valence-corrected chi connectivity index (χ3v) is 2.29. The molecule has 0 saturated heterocycles. The Bertz CT molecular complexity index is 330. The molecule has 0 amide bonds. The Morgan fingerprint density at radius 3 is 3.14 bits per heavy atom. The molecule has 1 aromatic carbocycles. The lowest BCUT2D eigenvalue weighted by Gasteiger charge is -2.26. The van der Waals surface area contributed by atoms with Crippen LogP contribution in [-0.4, -0.2) is 26.3 Å². The Kier molecular flexibility index (Phi) is 2.79. The van der Waals surface area contributed by atoms with Gasteiger partial charge in [-0.3, -0.25) is 0 Å². The molecule has 0 unspecified atom stereocenters. The Morgan fingerprint density at radius 2 is 2.36 bits per heavy atom. The number of benzene rings is 1. The summed E-state index contributed by atoms with van der Waals surface area (Å²) in [6, 6.07) is 5.40. The summed E-state index contributed by atoms with van der Waals surface area (Å²) >= 11 is 5.83. The zero-order chi connectivity index (χ0) is 9.97. The molecule has 0 fully saturated rings. The first-order chi connectivity index (χ1) is 6.79. The van der Waals surface area contributed by atoms with E-state index in [4.69, 9.17) is 21.1 Å². The topological polar surface area (TPSA) is 30.5 Å². The Hall–Kier alpha value is -0.930. The third kappa shape index (κ3) is 1.94. The van der Waals surface area contributed by atoms with Crippen molar-refractivity contribution >= 4 is 11.6 Å². The van der Waals surface area contributed by atoms with Crippen LogP contribution in [0.5, 0.6) is 11.5 Å². The van der Waals surface area contributed by atoms with E-state index in [0.717, 1.165) is 18.0 Å².